The Hall–Kier alpha value is -3.03. The van der Waals surface area contributed by atoms with Crippen LogP contribution in [-0.4, -0.2) is 44.7 Å². The highest BCUT2D eigenvalue weighted by atomic mass is 19.1. The third kappa shape index (κ3) is 4.13. The summed E-state index contributed by atoms with van der Waals surface area (Å²) in [4.78, 5) is 48.5. The number of benzene rings is 1. The van der Waals surface area contributed by atoms with E-state index in [9.17, 15) is 18.8 Å². The average molecular weight is 412 g/mol. The van der Waals surface area contributed by atoms with E-state index in [1.54, 1.807) is 21.9 Å². The number of nitrogens with one attached hydrogen (secondary N) is 1. The lowest BCUT2D eigenvalue weighted by Crippen LogP contribution is -2.42. The molecule has 2 aromatic rings. The quantitative estimate of drug-likeness (QED) is 0.837. The number of aromatic nitrogens is 2. The van der Waals surface area contributed by atoms with Crippen LogP contribution in [0.4, 0.5) is 4.39 Å². The Kier molecular flexibility index (Phi) is 5.65. The molecule has 4 rings (SSSR count). The van der Waals surface area contributed by atoms with Gasteiger partial charge in [0.15, 0.2) is 0 Å². The Morgan fingerprint density at radius 1 is 1.20 bits per heavy atom. The maximum Gasteiger partial charge on any atom is 0.254 e. The van der Waals surface area contributed by atoms with Crippen molar-refractivity contribution in [3.05, 3.63) is 63.1 Å². The van der Waals surface area contributed by atoms with Crippen molar-refractivity contribution >= 4 is 11.8 Å². The molecule has 0 saturated carbocycles. The molecule has 0 bridgehead atoms. The van der Waals surface area contributed by atoms with Crippen LogP contribution in [0.3, 0.4) is 0 Å². The molecule has 1 N–H and O–H groups in total. The van der Waals surface area contributed by atoms with Gasteiger partial charge in [-0.25, -0.2) is 9.37 Å². The van der Waals surface area contributed by atoms with E-state index in [0.29, 0.717) is 49.6 Å². The predicted octanol–water partition coefficient (Wildman–Crippen LogP) is 2.11. The molecule has 3 heterocycles. The van der Waals surface area contributed by atoms with Gasteiger partial charge in [0.25, 0.3) is 5.56 Å². The number of carbonyl (C=O) groups is 2. The molecule has 30 heavy (non-hydrogen) atoms. The lowest BCUT2D eigenvalue weighted by atomic mass is 9.99. The first-order valence-electron chi connectivity index (χ1n) is 10.3. The molecular formula is C22H25FN4O3. The molecule has 1 atom stereocenters. The second-order valence-electron chi connectivity index (χ2n) is 7.97. The van der Waals surface area contributed by atoms with Gasteiger partial charge in [-0.15, -0.1) is 0 Å². The number of nitrogens with zero attached hydrogens (tertiary/aromatic N) is 3. The van der Waals surface area contributed by atoms with Crippen molar-refractivity contribution in [2.75, 3.05) is 13.1 Å². The van der Waals surface area contributed by atoms with Crippen LogP contribution in [0.25, 0.3) is 0 Å². The number of rotatable bonds is 3. The monoisotopic (exact) mass is 412 g/mol. The van der Waals surface area contributed by atoms with E-state index in [-0.39, 0.29) is 35.7 Å². The molecule has 0 aliphatic carbocycles. The van der Waals surface area contributed by atoms with Crippen LogP contribution in [-0.2, 0) is 29.0 Å². The minimum Gasteiger partial charge on any atom is -0.337 e. The fourth-order valence-corrected chi connectivity index (χ4v) is 4.28. The van der Waals surface area contributed by atoms with Crippen molar-refractivity contribution in [2.24, 2.45) is 0 Å². The van der Waals surface area contributed by atoms with Crippen LogP contribution >= 0.6 is 0 Å². The van der Waals surface area contributed by atoms with Crippen LogP contribution < -0.4 is 5.56 Å². The van der Waals surface area contributed by atoms with E-state index < -0.39 is 0 Å². The largest absolute Gasteiger partial charge is 0.337 e. The van der Waals surface area contributed by atoms with Gasteiger partial charge in [-0.05, 0) is 43.4 Å². The fourth-order valence-electron chi connectivity index (χ4n) is 4.28. The number of likely N-dealkylation sites (tertiary alicyclic amines) is 1. The Morgan fingerprint density at radius 2 is 1.97 bits per heavy atom. The summed E-state index contributed by atoms with van der Waals surface area (Å²) in [7, 11) is 0. The Morgan fingerprint density at radius 3 is 2.70 bits per heavy atom. The van der Waals surface area contributed by atoms with E-state index in [1.807, 2.05) is 0 Å². The normalized spacial score (nSPS) is 18.8. The Bertz CT molecular complexity index is 1020. The Balaban J connectivity index is 1.59. The topological polar surface area (TPSA) is 86.4 Å². The van der Waals surface area contributed by atoms with Crippen molar-refractivity contribution in [2.45, 2.75) is 51.6 Å². The molecule has 0 radical (unpaired) electrons. The first-order valence-corrected chi connectivity index (χ1v) is 10.3. The lowest BCUT2D eigenvalue weighted by molar-refractivity contribution is -0.134. The number of piperidine rings is 1. The summed E-state index contributed by atoms with van der Waals surface area (Å²) in [6.07, 6.45) is 3.19. The molecular weight excluding hydrogens is 387 g/mol. The third-order valence-corrected chi connectivity index (χ3v) is 5.94. The van der Waals surface area contributed by atoms with Crippen molar-refractivity contribution < 1.29 is 14.0 Å². The number of H-pyrrole nitrogens is 1. The number of amides is 2. The van der Waals surface area contributed by atoms with Crippen molar-refractivity contribution in [1.29, 1.82) is 0 Å². The number of hydrogen-bond donors (Lipinski definition) is 1. The highest BCUT2D eigenvalue weighted by molar-refractivity contribution is 5.79. The van der Waals surface area contributed by atoms with Gasteiger partial charge in [0.1, 0.15) is 11.6 Å². The number of aromatic amines is 1. The van der Waals surface area contributed by atoms with E-state index in [0.717, 1.165) is 18.4 Å². The summed E-state index contributed by atoms with van der Waals surface area (Å²) >= 11 is 0. The summed E-state index contributed by atoms with van der Waals surface area (Å²) in [6.45, 7) is 2.93. The minimum atomic E-state index is -0.336. The first-order chi connectivity index (χ1) is 14.4. The molecule has 0 spiro atoms. The summed E-state index contributed by atoms with van der Waals surface area (Å²) in [5.41, 5.74) is 1.80. The standard InChI is InChI=1S/C22H25FN4O3/c1-14(28)26-11-9-17-18(13-26)24-21(25-22(17)30)19-4-2-3-10-27(19)20(29)12-15-5-7-16(23)8-6-15/h5-8,19H,2-4,9-13H2,1H3,(H,24,25,30)/t19-/m0/s1. The van der Waals surface area contributed by atoms with Crippen molar-refractivity contribution in [3.63, 3.8) is 0 Å². The van der Waals surface area contributed by atoms with Gasteiger partial charge in [0.05, 0.1) is 24.7 Å². The number of fused-ring (bicyclic) bond motifs is 1. The molecule has 2 amide bonds. The van der Waals surface area contributed by atoms with Gasteiger partial charge < -0.3 is 14.8 Å². The van der Waals surface area contributed by atoms with Gasteiger partial charge in [-0.3, -0.25) is 14.4 Å². The molecule has 0 unspecified atom stereocenters. The van der Waals surface area contributed by atoms with Crippen LogP contribution in [0, 0.1) is 5.82 Å². The van der Waals surface area contributed by atoms with Gasteiger partial charge >= 0.3 is 0 Å². The zero-order valence-electron chi connectivity index (χ0n) is 17.0. The molecule has 2 aliphatic heterocycles. The van der Waals surface area contributed by atoms with Crippen molar-refractivity contribution in [1.82, 2.24) is 19.8 Å². The zero-order valence-corrected chi connectivity index (χ0v) is 17.0. The molecule has 1 saturated heterocycles. The summed E-state index contributed by atoms with van der Waals surface area (Å²) in [6, 6.07) is 5.61. The van der Waals surface area contributed by atoms with Gasteiger partial charge in [-0.2, -0.15) is 0 Å². The van der Waals surface area contributed by atoms with Gasteiger partial charge in [-0.1, -0.05) is 12.1 Å². The van der Waals surface area contributed by atoms with Gasteiger partial charge in [0.2, 0.25) is 11.8 Å². The molecule has 1 fully saturated rings. The second-order valence-corrected chi connectivity index (χ2v) is 7.97. The minimum absolute atomic E-state index is 0.0435. The van der Waals surface area contributed by atoms with Crippen LogP contribution in [0.15, 0.2) is 29.1 Å². The molecule has 158 valence electrons. The number of halogens is 1. The third-order valence-electron chi connectivity index (χ3n) is 5.94. The van der Waals surface area contributed by atoms with E-state index in [2.05, 4.69) is 9.97 Å². The van der Waals surface area contributed by atoms with Crippen LogP contribution in [0.5, 0.6) is 0 Å². The maximum atomic E-state index is 13.2. The zero-order chi connectivity index (χ0) is 21.3. The molecule has 7 nitrogen and oxygen atoms in total. The second kappa shape index (κ2) is 8.38. The summed E-state index contributed by atoms with van der Waals surface area (Å²) in [5, 5.41) is 0. The Labute approximate surface area is 173 Å². The fraction of sp³-hybridized carbons (Fsp3) is 0.455. The highest BCUT2D eigenvalue weighted by Gasteiger charge is 2.31. The van der Waals surface area contributed by atoms with Crippen molar-refractivity contribution in [3.8, 4) is 0 Å². The molecule has 8 heteroatoms. The van der Waals surface area contributed by atoms with Gasteiger partial charge in [0, 0.05) is 25.6 Å². The van der Waals surface area contributed by atoms with E-state index in [4.69, 9.17) is 0 Å². The molecule has 1 aromatic heterocycles. The average Bonchev–Trinajstić information content (AvgIpc) is 2.74. The maximum absolute atomic E-state index is 13.2. The SMILES string of the molecule is CC(=O)N1CCc2c(nc([C@@H]3CCCCN3C(=O)Cc3ccc(F)cc3)[nH]c2=O)C1. The van der Waals surface area contributed by atoms with Crippen LogP contribution in [0.2, 0.25) is 0 Å². The van der Waals surface area contributed by atoms with E-state index >= 15 is 0 Å². The predicted molar refractivity (Wildman–Crippen MR) is 108 cm³/mol. The molecule has 2 aliphatic rings. The summed E-state index contributed by atoms with van der Waals surface area (Å²) < 4.78 is 13.2. The van der Waals surface area contributed by atoms with E-state index in [1.165, 1.54) is 19.1 Å². The number of hydrogen-bond acceptors (Lipinski definition) is 4. The summed E-state index contributed by atoms with van der Waals surface area (Å²) in [5.74, 6) is 0.0314. The number of carbonyl (C=O) groups excluding carboxylic acids is 2. The first kappa shape index (κ1) is 20.3. The highest BCUT2D eigenvalue weighted by Crippen LogP contribution is 2.30. The van der Waals surface area contributed by atoms with Crippen LogP contribution in [0.1, 0.15) is 54.9 Å². The lowest BCUT2D eigenvalue weighted by Gasteiger charge is -2.36. The smallest absolute Gasteiger partial charge is 0.254 e. The molecule has 1 aromatic carbocycles.